The molecule has 0 atom stereocenters. The first-order valence-corrected chi connectivity index (χ1v) is 4.73. The Balaban J connectivity index is 0. The summed E-state index contributed by atoms with van der Waals surface area (Å²) in [6.07, 6.45) is 11.5. The Bertz CT molecular complexity index is 59.3. The second kappa shape index (κ2) is 16.4. The van der Waals surface area contributed by atoms with Gasteiger partial charge in [0.25, 0.3) is 0 Å². The summed E-state index contributed by atoms with van der Waals surface area (Å²) in [7, 11) is 1.50. The second-order valence-corrected chi connectivity index (χ2v) is 2.11. The Kier molecular flexibility index (Phi) is 19.8. The zero-order valence-corrected chi connectivity index (χ0v) is 8.27. The summed E-state index contributed by atoms with van der Waals surface area (Å²) in [6.45, 7) is 4.00. The van der Waals surface area contributed by atoms with Crippen molar-refractivity contribution in [3.05, 3.63) is 12.2 Å². The molecule has 0 heterocycles. The van der Waals surface area contributed by atoms with Crippen LogP contribution < -0.4 is 5.73 Å². The van der Waals surface area contributed by atoms with Gasteiger partial charge in [-0.1, -0.05) is 32.4 Å². The van der Waals surface area contributed by atoms with Crippen molar-refractivity contribution in [2.45, 2.75) is 46.0 Å². The third kappa shape index (κ3) is 12.8. The summed E-state index contributed by atoms with van der Waals surface area (Å²) in [5.74, 6) is 0. The van der Waals surface area contributed by atoms with Crippen LogP contribution in [0.4, 0.5) is 0 Å². The van der Waals surface area contributed by atoms with Crippen molar-refractivity contribution >= 4 is 0 Å². The van der Waals surface area contributed by atoms with Crippen molar-refractivity contribution in [1.82, 2.24) is 0 Å². The normalized spacial score (nSPS) is 14.9. The van der Waals surface area contributed by atoms with Crippen LogP contribution in [0, 0.1) is 0 Å². The van der Waals surface area contributed by atoms with E-state index >= 15 is 0 Å². The highest BCUT2D eigenvalue weighted by Crippen LogP contribution is 2.08. The molecule has 1 heteroatoms. The van der Waals surface area contributed by atoms with Crippen molar-refractivity contribution < 1.29 is 0 Å². The van der Waals surface area contributed by atoms with Crippen molar-refractivity contribution in [3.63, 3.8) is 0 Å². The van der Waals surface area contributed by atoms with Crippen molar-refractivity contribution in [3.8, 4) is 0 Å². The van der Waals surface area contributed by atoms with E-state index in [1.807, 2.05) is 13.8 Å². The molecule has 68 valence electrons. The highest BCUT2D eigenvalue weighted by molar-refractivity contribution is 4.83. The smallest absolute Gasteiger partial charge is 0.0195 e. The molecule has 1 aliphatic rings. The molecule has 11 heavy (non-hydrogen) atoms. The van der Waals surface area contributed by atoms with Crippen LogP contribution in [0.3, 0.4) is 0 Å². The molecule has 2 N–H and O–H groups in total. The van der Waals surface area contributed by atoms with E-state index in [1.165, 1.54) is 39.2 Å². The van der Waals surface area contributed by atoms with Gasteiger partial charge in [-0.05, 0) is 32.7 Å². The molecule has 0 aromatic heterocycles. The molecule has 1 aliphatic carbocycles. The SMILES string of the molecule is C1=CCCCCC1.CC.CN. The van der Waals surface area contributed by atoms with Crippen LogP contribution in [0.1, 0.15) is 46.0 Å². The van der Waals surface area contributed by atoms with E-state index in [4.69, 9.17) is 0 Å². The van der Waals surface area contributed by atoms with E-state index in [0.717, 1.165) is 0 Å². The van der Waals surface area contributed by atoms with Crippen LogP contribution in [-0.4, -0.2) is 7.05 Å². The van der Waals surface area contributed by atoms with E-state index in [-0.39, 0.29) is 0 Å². The fraction of sp³-hybridized carbons (Fsp3) is 0.800. The minimum Gasteiger partial charge on any atom is -0.333 e. The maximum Gasteiger partial charge on any atom is -0.0195 e. The van der Waals surface area contributed by atoms with Gasteiger partial charge in [0.2, 0.25) is 0 Å². The van der Waals surface area contributed by atoms with Gasteiger partial charge in [-0.25, -0.2) is 0 Å². The third-order valence-corrected chi connectivity index (χ3v) is 1.41. The number of hydrogen-bond acceptors (Lipinski definition) is 1. The zero-order chi connectivity index (χ0) is 8.95. The molecule has 0 spiro atoms. The molecule has 0 saturated carbocycles. The van der Waals surface area contributed by atoms with Gasteiger partial charge in [0, 0.05) is 0 Å². The zero-order valence-electron chi connectivity index (χ0n) is 8.27. The Labute approximate surface area is 71.7 Å². The second-order valence-electron chi connectivity index (χ2n) is 2.11. The van der Waals surface area contributed by atoms with Gasteiger partial charge in [-0.15, -0.1) is 0 Å². The molecular weight excluding hydrogens is 134 g/mol. The lowest BCUT2D eigenvalue weighted by molar-refractivity contribution is 0.718. The van der Waals surface area contributed by atoms with Gasteiger partial charge in [-0.2, -0.15) is 0 Å². The average Bonchev–Trinajstić information content (AvgIpc) is 2.42. The molecule has 0 saturated heterocycles. The first kappa shape index (κ1) is 13.3. The Morgan fingerprint density at radius 3 is 1.55 bits per heavy atom. The van der Waals surface area contributed by atoms with E-state index < -0.39 is 0 Å². The summed E-state index contributed by atoms with van der Waals surface area (Å²) >= 11 is 0. The Hall–Kier alpha value is -0.300. The van der Waals surface area contributed by atoms with Crippen molar-refractivity contribution in [2.24, 2.45) is 5.73 Å². The first-order chi connectivity index (χ1) is 5.50. The van der Waals surface area contributed by atoms with Gasteiger partial charge in [0.05, 0.1) is 0 Å². The molecule has 0 unspecified atom stereocenters. The molecule has 1 nitrogen and oxygen atoms in total. The van der Waals surface area contributed by atoms with Crippen LogP contribution in [0.5, 0.6) is 0 Å². The standard InChI is InChI=1S/C7H12.C2H6.CH5N/c1-2-4-6-7-5-3-1;2*1-2/h1-2H,3-7H2;1-2H3;2H2,1H3. The summed E-state index contributed by atoms with van der Waals surface area (Å²) in [5, 5.41) is 0. The molecule has 0 bridgehead atoms. The van der Waals surface area contributed by atoms with Gasteiger partial charge in [-0.3, -0.25) is 0 Å². The van der Waals surface area contributed by atoms with Crippen LogP contribution in [0.25, 0.3) is 0 Å². The minimum absolute atomic E-state index is 1.32. The lowest BCUT2D eigenvalue weighted by Crippen LogP contribution is -1.69. The quantitative estimate of drug-likeness (QED) is 0.537. The van der Waals surface area contributed by atoms with Crippen LogP contribution >= 0.6 is 0 Å². The van der Waals surface area contributed by atoms with Crippen LogP contribution in [0.2, 0.25) is 0 Å². The number of hydrogen-bond donors (Lipinski definition) is 1. The van der Waals surface area contributed by atoms with Crippen molar-refractivity contribution in [2.75, 3.05) is 7.05 Å². The van der Waals surface area contributed by atoms with Crippen LogP contribution in [0.15, 0.2) is 12.2 Å². The van der Waals surface area contributed by atoms with Crippen molar-refractivity contribution in [1.29, 1.82) is 0 Å². The largest absolute Gasteiger partial charge is 0.333 e. The predicted octanol–water partition coefficient (Wildman–Crippen LogP) is 3.11. The summed E-state index contributed by atoms with van der Waals surface area (Å²) in [6, 6.07) is 0. The summed E-state index contributed by atoms with van der Waals surface area (Å²) in [4.78, 5) is 0. The summed E-state index contributed by atoms with van der Waals surface area (Å²) < 4.78 is 0. The average molecular weight is 157 g/mol. The first-order valence-electron chi connectivity index (χ1n) is 4.73. The Morgan fingerprint density at radius 2 is 1.18 bits per heavy atom. The highest BCUT2D eigenvalue weighted by Gasteiger charge is 1.88. The molecular formula is C10H23N. The lowest BCUT2D eigenvalue weighted by atomic mass is 10.2. The molecule has 0 aromatic carbocycles. The maximum atomic E-state index is 4.50. The monoisotopic (exact) mass is 157 g/mol. The molecule has 0 fully saturated rings. The predicted molar refractivity (Wildman–Crippen MR) is 53.7 cm³/mol. The maximum absolute atomic E-state index is 4.50. The fourth-order valence-corrected chi connectivity index (χ4v) is 0.937. The number of rotatable bonds is 0. The van der Waals surface area contributed by atoms with Gasteiger partial charge < -0.3 is 5.73 Å². The van der Waals surface area contributed by atoms with E-state index in [1.54, 1.807) is 0 Å². The highest BCUT2D eigenvalue weighted by atomic mass is 14.4. The lowest BCUT2D eigenvalue weighted by Gasteiger charge is -1.86. The van der Waals surface area contributed by atoms with Crippen LogP contribution in [-0.2, 0) is 0 Å². The van der Waals surface area contributed by atoms with Gasteiger partial charge in [0.15, 0.2) is 0 Å². The molecule has 0 aliphatic heterocycles. The van der Waals surface area contributed by atoms with Gasteiger partial charge in [0.1, 0.15) is 0 Å². The van der Waals surface area contributed by atoms with E-state index in [9.17, 15) is 0 Å². The molecule has 0 aromatic rings. The fourth-order valence-electron chi connectivity index (χ4n) is 0.937. The topological polar surface area (TPSA) is 26.0 Å². The molecule has 0 amide bonds. The number of allylic oxidation sites excluding steroid dienone is 2. The number of nitrogens with two attached hydrogens (primary N) is 1. The molecule has 1 rings (SSSR count). The van der Waals surface area contributed by atoms with E-state index in [0.29, 0.717) is 0 Å². The third-order valence-electron chi connectivity index (χ3n) is 1.41. The van der Waals surface area contributed by atoms with E-state index in [2.05, 4.69) is 17.9 Å². The Morgan fingerprint density at radius 1 is 0.818 bits per heavy atom. The van der Waals surface area contributed by atoms with Gasteiger partial charge >= 0.3 is 0 Å². The minimum atomic E-state index is 1.32. The summed E-state index contributed by atoms with van der Waals surface area (Å²) in [5.41, 5.74) is 4.50. The molecule has 0 radical (unpaired) electrons.